The normalized spacial score (nSPS) is 15.3. The number of amides is 2. The zero-order chi connectivity index (χ0) is 14.4. The molecule has 6 nitrogen and oxygen atoms in total. The van der Waals surface area contributed by atoms with Crippen molar-refractivity contribution in [2.75, 3.05) is 0 Å². The van der Waals surface area contributed by atoms with Gasteiger partial charge in [-0.15, -0.1) is 0 Å². The monoisotopic (exact) mass is 268 g/mol. The van der Waals surface area contributed by atoms with Crippen molar-refractivity contribution in [3.05, 3.63) is 24.2 Å². The molecule has 0 bridgehead atoms. The van der Waals surface area contributed by atoms with Crippen molar-refractivity contribution < 1.29 is 19.1 Å². The van der Waals surface area contributed by atoms with Crippen LogP contribution in [0.3, 0.4) is 0 Å². The van der Waals surface area contributed by atoms with Crippen LogP contribution in [0.15, 0.2) is 22.8 Å². The lowest BCUT2D eigenvalue weighted by Crippen LogP contribution is -2.48. The number of carboxylic acids is 1. The predicted molar refractivity (Wildman–Crippen MR) is 69.8 cm³/mol. The third kappa shape index (κ3) is 5.03. The van der Waals surface area contributed by atoms with Gasteiger partial charge in [0.1, 0.15) is 5.76 Å². The second kappa shape index (κ2) is 6.82. The van der Waals surface area contributed by atoms with Crippen molar-refractivity contribution in [1.29, 1.82) is 0 Å². The fraction of sp³-hybridized carbons (Fsp3) is 0.538. The number of carbonyl (C=O) groups excluding carboxylic acids is 1. The summed E-state index contributed by atoms with van der Waals surface area (Å²) in [4.78, 5) is 22.4. The average molecular weight is 268 g/mol. The van der Waals surface area contributed by atoms with E-state index in [-0.39, 0.29) is 12.1 Å². The Morgan fingerprint density at radius 3 is 2.53 bits per heavy atom. The van der Waals surface area contributed by atoms with E-state index in [4.69, 9.17) is 9.52 Å². The maximum Gasteiger partial charge on any atom is 0.315 e. The van der Waals surface area contributed by atoms with Crippen LogP contribution in [-0.4, -0.2) is 29.2 Å². The Morgan fingerprint density at radius 2 is 2.00 bits per heavy atom. The van der Waals surface area contributed by atoms with Crippen LogP contribution in [0, 0.1) is 5.92 Å². The molecule has 0 radical (unpaired) electrons. The summed E-state index contributed by atoms with van der Waals surface area (Å²) < 4.78 is 5.19. The zero-order valence-corrected chi connectivity index (χ0v) is 11.3. The SMILES string of the molecule is CC(Cc1ccco1)NC(=O)NC(C)C(C)C(=O)O. The fourth-order valence-electron chi connectivity index (χ4n) is 1.59. The second-order valence-electron chi connectivity index (χ2n) is 4.72. The number of nitrogens with one attached hydrogen (secondary N) is 2. The van der Waals surface area contributed by atoms with E-state index in [2.05, 4.69) is 10.6 Å². The lowest BCUT2D eigenvalue weighted by molar-refractivity contribution is -0.141. The molecule has 0 aliphatic carbocycles. The molecule has 2 amide bonds. The molecule has 3 unspecified atom stereocenters. The van der Waals surface area contributed by atoms with Crippen LogP contribution in [-0.2, 0) is 11.2 Å². The first-order valence-electron chi connectivity index (χ1n) is 6.22. The molecule has 3 N–H and O–H groups in total. The van der Waals surface area contributed by atoms with Gasteiger partial charge in [0.15, 0.2) is 0 Å². The highest BCUT2D eigenvalue weighted by atomic mass is 16.4. The predicted octanol–water partition coefficient (Wildman–Crippen LogP) is 1.62. The first-order valence-corrected chi connectivity index (χ1v) is 6.22. The summed E-state index contributed by atoms with van der Waals surface area (Å²) in [5.41, 5.74) is 0. The van der Waals surface area contributed by atoms with Crippen molar-refractivity contribution in [3.8, 4) is 0 Å². The van der Waals surface area contributed by atoms with E-state index >= 15 is 0 Å². The Morgan fingerprint density at radius 1 is 1.32 bits per heavy atom. The van der Waals surface area contributed by atoms with Crippen LogP contribution in [0.25, 0.3) is 0 Å². The molecule has 0 aliphatic rings. The number of rotatable bonds is 6. The quantitative estimate of drug-likeness (QED) is 0.731. The molecule has 0 aliphatic heterocycles. The van der Waals surface area contributed by atoms with Gasteiger partial charge in [0.25, 0.3) is 0 Å². The molecule has 0 aromatic carbocycles. The second-order valence-corrected chi connectivity index (χ2v) is 4.72. The Hall–Kier alpha value is -1.98. The molecule has 106 valence electrons. The van der Waals surface area contributed by atoms with Gasteiger partial charge < -0.3 is 20.2 Å². The van der Waals surface area contributed by atoms with Crippen molar-refractivity contribution >= 4 is 12.0 Å². The van der Waals surface area contributed by atoms with Gasteiger partial charge in [-0.25, -0.2) is 4.79 Å². The standard InChI is InChI=1S/C13H20N2O4/c1-8(7-11-5-4-6-19-11)14-13(18)15-10(3)9(2)12(16)17/h4-6,8-10H,7H2,1-3H3,(H,16,17)(H2,14,15,18). The Kier molecular flexibility index (Phi) is 5.41. The van der Waals surface area contributed by atoms with Gasteiger partial charge in [-0.1, -0.05) is 0 Å². The molecular formula is C13H20N2O4. The van der Waals surface area contributed by atoms with Crippen LogP contribution >= 0.6 is 0 Å². The Balaban J connectivity index is 2.36. The lowest BCUT2D eigenvalue weighted by Gasteiger charge is -2.20. The number of hydrogen-bond donors (Lipinski definition) is 3. The highest BCUT2D eigenvalue weighted by Crippen LogP contribution is 2.04. The zero-order valence-electron chi connectivity index (χ0n) is 11.3. The van der Waals surface area contributed by atoms with Gasteiger partial charge in [-0.3, -0.25) is 4.79 Å². The molecule has 0 saturated heterocycles. The number of carbonyl (C=O) groups is 2. The van der Waals surface area contributed by atoms with Gasteiger partial charge in [0.2, 0.25) is 0 Å². The largest absolute Gasteiger partial charge is 0.481 e. The first-order chi connectivity index (χ1) is 8.90. The summed E-state index contributed by atoms with van der Waals surface area (Å²) >= 11 is 0. The van der Waals surface area contributed by atoms with Crippen LogP contribution in [0.2, 0.25) is 0 Å². The van der Waals surface area contributed by atoms with E-state index in [9.17, 15) is 9.59 Å². The van der Waals surface area contributed by atoms with E-state index in [1.165, 1.54) is 0 Å². The third-order valence-electron chi connectivity index (χ3n) is 2.96. The number of urea groups is 1. The molecule has 1 heterocycles. The minimum atomic E-state index is -0.934. The van der Waals surface area contributed by atoms with E-state index in [1.807, 2.05) is 13.0 Å². The number of hydrogen-bond acceptors (Lipinski definition) is 3. The third-order valence-corrected chi connectivity index (χ3v) is 2.96. The molecule has 0 spiro atoms. The van der Waals surface area contributed by atoms with Crippen LogP contribution in [0.5, 0.6) is 0 Å². The average Bonchev–Trinajstić information content (AvgIpc) is 2.79. The molecule has 1 aromatic heterocycles. The summed E-state index contributed by atoms with van der Waals surface area (Å²) in [5, 5.41) is 14.2. The number of furan rings is 1. The molecule has 6 heteroatoms. The first kappa shape index (κ1) is 15.1. The molecule has 3 atom stereocenters. The van der Waals surface area contributed by atoms with E-state index in [0.29, 0.717) is 6.42 Å². The highest BCUT2D eigenvalue weighted by Gasteiger charge is 2.21. The maximum atomic E-state index is 11.7. The molecule has 19 heavy (non-hydrogen) atoms. The molecule has 0 saturated carbocycles. The Bertz CT molecular complexity index is 416. The van der Waals surface area contributed by atoms with E-state index in [1.54, 1.807) is 26.2 Å². The van der Waals surface area contributed by atoms with Gasteiger partial charge in [-0.05, 0) is 32.9 Å². The molecular weight excluding hydrogens is 248 g/mol. The van der Waals surface area contributed by atoms with Crippen molar-refractivity contribution in [2.45, 2.75) is 39.3 Å². The summed E-state index contributed by atoms with van der Waals surface area (Å²) in [6.07, 6.45) is 2.17. The molecule has 1 aromatic rings. The highest BCUT2D eigenvalue weighted by molar-refractivity contribution is 5.76. The van der Waals surface area contributed by atoms with Crippen molar-refractivity contribution in [1.82, 2.24) is 10.6 Å². The summed E-state index contributed by atoms with van der Waals surface area (Å²) in [6.45, 7) is 5.07. The van der Waals surface area contributed by atoms with Crippen LogP contribution in [0.4, 0.5) is 4.79 Å². The number of carboxylic acid groups (broad SMARTS) is 1. The number of aliphatic carboxylic acids is 1. The van der Waals surface area contributed by atoms with Gasteiger partial charge in [-0.2, -0.15) is 0 Å². The molecule has 0 fully saturated rings. The summed E-state index contributed by atoms with van der Waals surface area (Å²) in [7, 11) is 0. The van der Waals surface area contributed by atoms with Crippen LogP contribution < -0.4 is 10.6 Å². The van der Waals surface area contributed by atoms with Gasteiger partial charge >= 0.3 is 12.0 Å². The topological polar surface area (TPSA) is 91.6 Å². The summed E-state index contributed by atoms with van der Waals surface area (Å²) in [5.74, 6) is -0.776. The van der Waals surface area contributed by atoms with Gasteiger partial charge in [0, 0.05) is 18.5 Å². The van der Waals surface area contributed by atoms with Crippen molar-refractivity contribution in [2.24, 2.45) is 5.92 Å². The van der Waals surface area contributed by atoms with Crippen molar-refractivity contribution in [3.63, 3.8) is 0 Å². The minimum Gasteiger partial charge on any atom is -0.481 e. The lowest BCUT2D eigenvalue weighted by atomic mass is 10.0. The smallest absolute Gasteiger partial charge is 0.315 e. The maximum absolute atomic E-state index is 11.7. The molecule has 1 rings (SSSR count). The minimum absolute atomic E-state index is 0.0986. The van der Waals surface area contributed by atoms with Gasteiger partial charge in [0.05, 0.1) is 12.2 Å². The Labute approximate surface area is 112 Å². The fourth-order valence-corrected chi connectivity index (χ4v) is 1.59. The summed E-state index contributed by atoms with van der Waals surface area (Å²) in [6, 6.07) is 2.72. The van der Waals surface area contributed by atoms with Crippen LogP contribution in [0.1, 0.15) is 26.5 Å². The van der Waals surface area contributed by atoms with E-state index in [0.717, 1.165) is 5.76 Å². The van der Waals surface area contributed by atoms with E-state index < -0.39 is 17.9 Å².